The van der Waals surface area contributed by atoms with Crippen molar-refractivity contribution in [1.29, 1.82) is 0 Å². The lowest BCUT2D eigenvalue weighted by atomic mass is 9.97. The highest BCUT2D eigenvalue weighted by Gasteiger charge is 2.20. The minimum absolute atomic E-state index is 0.125. The first-order valence-corrected chi connectivity index (χ1v) is 7.72. The monoisotopic (exact) mass is 287 g/mol. The molecule has 5 heteroatoms. The van der Waals surface area contributed by atoms with Gasteiger partial charge in [-0.25, -0.2) is 4.98 Å². The third-order valence-electron chi connectivity index (χ3n) is 3.52. The van der Waals surface area contributed by atoms with Crippen LogP contribution in [-0.2, 0) is 4.79 Å². The number of thiazole rings is 1. The van der Waals surface area contributed by atoms with Gasteiger partial charge in [-0.15, -0.1) is 11.3 Å². The number of anilines is 1. The third kappa shape index (κ3) is 3.05. The molecule has 4 nitrogen and oxygen atoms in total. The van der Waals surface area contributed by atoms with Crippen molar-refractivity contribution in [1.82, 2.24) is 10.3 Å². The Morgan fingerprint density at radius 1 is 1.35 bits per heavy atom. The molecule has 0 spiro atoms. The minimum atomic E-state index is 0.125. The lowest BCUT2D eigenvalue weighted by Crippen LogP contribution is -2.34. The summed E-state index contributed by atoms with van der Waals surface area (Å²) in [7, 11) is 0. The summed E-state index contributed by atoms with van der Waals surface area (Å²) >= 11 is 1.60. The fourth-order valence-electron chi connectivity index (χ4n) is 2.42. The zero-order chi connectivity index (χ0) is 13.8. The first-order chi connectivity index (χ1) is 9.83. The highest BCUT2D eigenvalue weighted by Crippen LogP contribution is 2.25. The number of carbonyl (C=O) groups excluding carboxylic acids is 1. The van der Waals surface area contributed by atoms with Gasteiger partial charge in [0.05, 0.1) is 0 Å². The molecule has 1 aliphatic heterocycles. The first-order valence-electron chi connectivity index (χ1n) is 6.84. The van der Waals surface area contributed by atoms with Crippen LogP contribution in [0.15, 0.2) is 35.8 Å². The predicted octanol–water partition coefficient (Wildman–Crippen LogP) is 2.75. The maximum atomic E-state index is 12.2. The number of aromatic nitrogens is 1. The largest absolute Gasteiger partial charge is 0.326 e. The molecule has 2 heterocycles. The van der Waals surface area contributed by atoms with Crippen LogP contribution in [0.3, 0.4) is 0 Å². The van der Waals surface area contributed by atoms with Crippen molar-refractivity contribution in [3.8, 4) is 10.6 Å². The van der Waals surface area contributed by atoms with E-state index in [2.05, 4.69) is 15.6 Å². The van der Waals surface area contributed by atoms with E-state index in [-0.39, 0.29) is 11.8 Å². The third-order valence-corrected chi connectivity index (χ3v) is 4.34. The second-order valence-electron chi connectivity index (χ2n) is 4.93. The number of benzene rings is 1. The number of nitrogens with zero attached hydrogens (tertiary/aromatic N) is 1. The second kappa shape index (κ2) is 6.15. The van der Waals surface area contributed by atoms with Gasteiger partial charge in [-0.3, -0.25) is 4.79 Å². The normalized spacial score (nSPS) is 16.0. The molecule has 0 bridgehead atoms. The standard InChI is InChI=1S/C15H17N3OS/c19-14(11-4-6-16-7-5-11)18-13-3-1-2-12(10-13)15-17-8-9-20-15/h1-3,8-11,16H,4-7H2,(H,18,19). The molecular formula is C15H17N3OS. The van der Waals surface area contributed by atoms with Crippen molar-refractivity contribution in [2.45, 2.75) is 12.8 Å². The summed E-state index contributed by atoms with van der Waals surface area (Å²) in [5.41, 5.74) is 1.89. The molecule has 0 radical (unpaired) electrons. The number of amides is 1. The Bertz CT molecular complexity index is 577. The molecule has 2 N–H and O–H groups in total. The van der Waals surface area contributed by atoms with Crippen LogP contribution in [0.2, 0.25) is 0 Å². The van der Waals surface area contributed by atoms with Crippen LogP contribution < -0.4 is 10.6 Å². The molecule has 0 aliphatic carbocycles. The lowest BCUT2D eigenvalue weighted by molar-refractivity contribution is -0.120. The van der Waals surface area contributed by atoms with Gasteiger partial charge in [0.15, 0.2) is 0 Å². The number of hydrogen-bond acceptors (Lipinski definition) is 4. The van der Waals surface area contributed by atoms with E-state index < -0.39 is 0 Å². The van der Waals surface area contributed by atoms with Gasteiger partial charge in [0.1, 0.15) is 5.01 Å². The Kier molecular flexibility index (Phi) is 4.08. The zero-order valence-corrected chi connectivity index (χ0v) is 12.0. The molecular weight excluding hydrogens is 270 g/mol. The van der Waals surface area contributed by atoms with Crippen LogP contribution in [0.5, 0.6) is 0 Å². The Labute approximate surface area is 122 Å². The smallest absolute Gasteiger partial charge is 0.227 e. The number of nitrogens with one attached hydrogen (secondary N) is 2. The molecule has 1 amide bonds. The number of carbonyl (C=O) groups is 1. The van der Waals surface area contributed by atoms with E-state index in [1.807, 2.05) is 29.6 Å². The van der Waals surface area contributed by atoms with Crippen LogP contribution in [0, 0.1) is 5.92 Å². The summed E-state index contributed by atoms with van der Waals surface area (Å²) in [6, 6.07) is 7.88. The molecule has 3 rings (SSSR count). The van der Waals surface area contributed by atoms with Crippen LogP contribution in [0.25, 0.3) is 10.6 Å². The maximum absolute atomic E-state index is 12.2. The van der Waals surface area contributed by atoms with Crippen molar-refractivity contribution >= 4 is 22.9 Å². The van der Waals surface area contributed by atoms with Gasteiger partial charge in [-0.05, 0) is 38.1 Å². The molecule has 0 unspecified atom stereocenters. The summed E-state index contributed by atoms with van der Waals surface area (Å²) in [6.45, 7) is 1.86. The molecule has 1 saturated heterocycles. The van der Waals surface area contributed by atoms with Gasteiger partial charge in [0.2, 0.25) is 5.91 Å². The fourth-order valence-corrected chi connectivity index (χ4v) is 3.06. The van der Waals surface area contributed by atoms with Crippen LogP contribution in [0.1, 0.15) is 12.8 Å². The predicted molar refractivity (Wildman–Crippen MR) is 81.8 cm³/mol. The van der Waals surface area contributed by atoms with E-state index >= 15 is 0 Å². The second-order valence-corrected chi connectivity index (χ2v) is 5.83. The number of hydrogen-bond donors (Lipinski definition) is 2. The highest BCUT2D eigenvalue weighted by molar-refractivity contribution is 7.13. The van der Waals surface area contributed by atoms with Gasteiger partial charge in [0.25, 0.3) is 0 Å². The van der Waals surface area contributed by atoms with Crippen LogP contribution >= 0.6 is 11.3 Å². The highest BCUT2D eigenvalue weighted by atomic mass is 32.1. The summed E-state index contributed by atoms with van der Waals surface area (Å²) in [5, 5.41) is 9.23. The van der Waals surface area contributed by atoms with Crippen LogP contribution in [-0.4, -0.2) is 24.0 Å². The lowest BCUT2D eigenvalue weighted by Gasteiger charge is -2.21. The van der Waals surface area contributed by atoms with E-state index in [0.717, 1.165) is 42.2 Å². The quantitative estimate of drug-likeness (QED) is 0.912. The maximum Gasteiger partial charge on any atom is 0.227 e. The molecule has 2 aromatic rings. The molecule has 1 aromatic carbocycles. The summed E-state index contributed by atoms with van der Waals surface area (Å²) in [5.74, 6) is 0.252. The van der Waals surface area contributed by atoms with Crippen molar-refractivity contribution in [3.63, 3.8) is 0 Å². The Morgan fingerprint density at radius 2 is 2.20 bits per heavy atom. The van der Waals surface area contributed by atoms with Crippen molar-refractivity contribution in [3.05, 3.63) is 35.8 Å². The topological polar surface area (TPSA) is 54.0 Å². The van der Waals surface area contributed by atoms with Crippen LogP contribution in [0.4, 0.5) is 5.69 Å². The average Bonchev–Trinajstić information content (AvgIpc) is 3.03. The summed E-state index contributed by atoms with van der Waals surface area (Å²) in [4.78, 5) is 16.5. The first kappa shape index (κ1) is 13.3. The summed E-state index contributed by atoms with van der Waals surface area (Å²) in [6.07, 6.45) is 3.62. The molecule has 1 aliphatic rings. The van der Waals surface area contributed by atoms with Crippen molar-refractivity contribution in [2.24, 2.45) is 5.92 Å². The SMILES string of the molecule is O=C(Nc1cccc(-c2nccs2)c1)C1CCNCC1. The molecule has 0 saturated carbocycles. The van der Waals surface area contributed by atoms with Gasteiger partial charge in [-0.1, -0.05) is 12.1 Å². The minimum Gasteiger partial charge on any atom is -0.326 e. The van der Waals surface area contributed by atoms with Gasteiger partial charge < -0.3 is 10.6 Å². The summed E-state index contributed by atoms with van der Waals surface area (Å²) < 4.78 is 0. The van der Waals surface area contributed by atoms with E-state index in [9.17, 15) is 4.79 Å². The van der Waals surface area contributed by atoms with Crippen molar-refractivity contribution in [2.75, 3.05) is 18.4 Å². The number of rotatable bonds is 3. The Morgan fingerprint density at radius 3 is 2.95 bits per heavy atom. The van der Waals surface area contributed by atoms with E-state index in [1.54, 1.807) is 17.5 Å². The number of piperidine rings is 1. The Balaban J connectivity index is 1.71. The van der Waals surface area contributed by atoms with E-state index in [4.69, 9.17) is 0 Å². The van der Waals surface area contributed by atoms with Gasteiger partial charge in [0, 0.05) is 28.7 Å². The van der Waals surface area contributed by atoms with E-state index in [1.165, 1.54) is 0 Å². The molecule has 20 heavy (non-hydrogen) atoms. The molecule has 0 atom stereocenters. The Hall–Kier alpha value is -1.72. The molecule has 1 fully saturated rings. The zero-order valence-electron chi connectivity index (χ0n) is 11.1. The van der Waals surface area contributed by atoms with Crippen molar-refractivity contribution < 1.29 is 4.79 Å². The van der Waals surface area contributed by atoms with Gasteiger partial charge >= 0.3 is 0 Å². The molecule has 1 aromatic heterocycles. The van der Waals surface area contributed by atoms with E-state index in [0.29, 0.717) is 0 Å². The van der Waals surface area contributed by atoms with Gasteiger partial charge in [-0.2, -0.15) is 0 Å². The molecule has 104 valence electrons. The fraction of sp³-hybridized carbons (Fsp3) is 0.333. The average molecular weight is 287 g/mol.